The molecule has 1 atom stereocenters. The molecule has 7 rings (SSSR count). The van der Waals surface area contributed by atoms with Crippen molar-refractivity contribution in [2.75, 3.05) is 18.4 Å². The Labute approximate surface area is 243 Å². The highest BCUT2D eigenvalue weighted by Gasteiger charge is 2.29. The van der Waals surface area contributed by atoms with Crippen LogP contribution in [0.5, 0.6) is 0 Å². The summed E-state index contributed by atoms with van der Waals surface area (Å²) in [5.41, 5.74) is 6.06. The fraction of sp³-hybridized carbons (Fsp3) is 0.235. The quantitative estimate of drug-likeness (QED) is 0.208. The van der Waals surface area contributed by atoms with Gasteiger partial charge in [-0.25, -0.2) is 18.7 Å². The molecule has 212 valence electrons. The van der Waals surface area contributed by atoms with Gasteiger partial charge in [0, 0.05) is 19.1 Å². The van der Waals surface area contributed by atoms with E-state index in [9.17, 15) is 8.78 Å². The maximum atomic E-state index is 13.6. The van der Waals surface area contributed by atoms with Crippen LogP contribution in [0.3, 0.4) is 0 Å². The standard InChI is InChI=1S/C34H32F2N6/c35-25-13-9-23(10-14-25)21-32(33-38-28-5-1-2-6-29(28)39-33)41-19-17-27(18-20-41)37-34-40-30-7-3-4-8-31(30)42(34)22-24-11-15-26(36)16-12-24/h1-16,27,32H,17-22H2,(H,37,40)(H,38,39). The van der Waals surface area contributed by atoms with Gasteiger partial charge in [-0.05, 0) is 78.9 Å². The van der Waals surface area contributed by atoms with E-state index in [4.69, 9.17) is 9.97 Å². The Kier molecular flexibility index (Phi) is 7.13. The average Bonchev–Trinajstić information content (AvgIpc) is 3.60. The van der Waals surface area contributed by atoms with Gasteiger partial charge in [0.15, 0.2) is 0 Å². The number of nitrogens with zero attached hydrogens (tertiary/aromatic N) is 4. The molecule has 0 amide bonds. The molecule has 1 aliphatic rings. The number of anilines is 1. The van der Waals surface area contributed by atoms with Crippen molar-refractivity contribution in [3.8, 4) is 0 Å². The van der Waals surface area contributed by atoms with Gasteiger partial charge in [0.1, 0.15) is 17.5 Å². The van der Waals surface area contributed by atoms with E-state index >= 15 is 0 Å². The van der Waals surface area contributed by atoms with Gasteiger partial charge >= 0.3 is 0 Å². The maximum absolute atomic E-state index is 13.6. The van der Waals surface area contributed by atoms with E-state index in [0.29, 0.717) is 6.54 Å². The van der Waals surface area contributed by atoms with Gasteiger partial charge < -0.3 is 14.9 Å². The summed E-state index contributed by atoms with van der Waals surface area (Å²) < 4.78 is 29.4. The molecule has 4 aromatic carbocycles. The van der Waals surface area contributed by atoms with E-state index in [1.807, 2.05) is 60.7 Å². The number of likely N-dealkylation sites (tertiary alicyclic amines) is 1. The molecule has 1 unspecified atom stereocenters. The zero-order valence-corrected chi connectivity index (χ0v) is 23.2. The number of benzene rings is 4. The molecule has 6 nitrogen and oxygen atoms in total. The first-order valence-electron chi connectivity index (χ1n) is 14.5. The summed E-state index contributed by atoms with van der Waals surface area (Å²) in [5, 5.41) is 3.73. The third kappa shape index (κ3) is 5.50. The molecule has 42 heavy (non-hydrogen) atoms. The number of rotatable bonds is 8. The minimum absolute atomic E-state index is 0.0480. The Hall–Kier alpha value is -4.56. The molecule has 0 spiro atoms. The summed E-state index contributed by atoms with van der Waals surface area (Å²) >= 11 is 0. The van der Waals surface area contributed by atoms with Crippen molar-refractivity contribution in [1.82, 2.24) is 24.4 Å². The lowest BCUT2D eigenvalue weighted by Crippen LogP contribution is -2.42. The predicted octanol–water partition coefficient (Wildman–Crippen LogP) is 7.10. The van der Waals surface area contributed by atoms with Crippen molar-refractivity contribution in [1.29, 1.82) is 0 Å². The number of hydrogen-bond donors (Lipinski definition) is 2. The van der Waals surface area contributed by atoms with E-state index < -0.39 is 0 Å². The van der Waals surface area contributed by atoms with Gasteiger partial charge in [0.25, 0.3) is 0 Å². The summed E-state index contributed by atoms with van der Waals surface area (Å²) in [4.78, 5) is 15.9. The van der Waals surface area contributed by atoms with Crippen molar-refractivity contribution in [3.63, 3.8) is 0 Å². The third-order valence-corrected chi connectivity index (χ3v) is 8.28. The third-order valence-electron chi connectivity index (χ3n) is 8.28. The fourth-order valence-electron chi connectivity index (χ4n) is 6.03. The lowest BCUT2D eigenvalue weighted by Gasteiger charge is -2.37. The second kappa shape index (κ2) is 11.4. The van der Waals surface area contributed by atoms with E-state index in [1.54, 1.807) is 0 Å². The molecule has 3 heterocycles. The minimum atomic E-state index is -0.236. The van der Waals surface area contributed by atoms with Crippen LogP contribution < -0.4 is 5.32 Å². The summed E-state index contributed by atoms with van der Waals surface area (Å²) in [6.07, 6.45) is 2.63. The first-order valence-corrected chi connectivity index (χ1v) is 14.5. The van der Waals surface area contributed by atoms with Crippen molar-refractivity contribution in [3.05, 3.63) is 126 Å². The highest BCUT2D eigenvalue weighted by Crippen LogP contribution is 2.30. The fourth-order valence-corrected chi connectivity index (χ4v) is 6.03. The Morgan fingerprint density at radius 1 is 0.762 bits per heavy atom. The van der Waals surface area contributed by atoms with E-state index in [-0.39, 0.29) is 23.7 Å². The summed E-state index contributed by atoms with van der Waals surface area (Å²) in [6.45, 7) is 2.38. The van der Waals surface area contributed by atoms with Crippen LogP contribution in [-0.4, -0.2) is 43.6 Å². The number of halogens is 2. The number of para-hydroxylation sites is 4. The second-order valence-corrected chi connectivity index (χ2v) is 11.1. The molecular formula is C34H32F2N6. The largest absolute Gasteiger partial charge is 0.353 e. The van der Waals surface area contributed by atoms with Gasteiger partial charge in [-0.1, -0.05) is 48.5 Å². The van der Waals surface area contributed by atoms with Crippen LogP contribution in [0, 0.1) is 11.6 Å². The number of nitrogens with one attached hydrogen (secondary N) is 2. The number of aromatic amines is 1. The van der Waals surface area contributed by atoms with Gasteiger partial charge in [0.2, 0.25) is 5.95 Å². The topological polar surface area (TPSA) is 61.8 Å². The van der Waals surface area contributed by atoms with Crippen LogP contribution in [0.25, 0.3) is 22.1 Å². The Morgan fingerprint density at radius 2 is 1.40 bits per heavy atom. The molecule has 2 N–H and O–H groups in total. The van der Waals surface area contributed by atoms with Crippen LogP contribution in [0.1, 0.15) is 35.8 Å². The molecule has 0 saturated carbocycles. The Balaban J connectivity index is 1.10. The maximum Gasteiger partial charge on any atom is 0.204 e. The average molecular weight is 563 g/mol. The highest BCUT2D eigenvalue weighted by atomic mass is 19.1. The summed E-state index contributed by atoms with van der Waals surface area (Å²) in [6, 6.07) is 30.0. The molecule has 0 aliphatic carbocycles. The van der Waals surface area contributed by atoms with E-state index in [0.717, 1.165) is 77.3 Å². The van der Waals surface area contributed by atoms with Crippen molar-refractivity contribution >= 4 is 28.0 Å². The molecule has 1 fully saturated rings. The van der Waals surface area contributed by atoms with Crippen LogP contribution in [0.2, 0.25) is 0 Å². The first kappa shape index (κ1) is 26.3. The van der Waals surface area contributed by atoms with Crippen LogP contribution in [-0.2, 0) is 13.0 Å². The van der Waals surface area contributed by atoms with E-state index in [2.05, 4.69) is 31.9 Å². The number of fused-ring (bicyclic) bond motifs is 2. The van der Waals surface area contributed by atoms with Crippen molar-refractivity contribution in [2.45, 2.75) is 37.9 Å². The zero-order chi connectivity index (χ0) is 28.5. The normalized spacial score (nSPS) is 15.4. The molecule has 8 heteroatoms. The van der Waals surface area contributed by atoms with Crippen LogP contribution in [0.15, 0.2) is 97.1 Å². The first-order chi connectivity index (χ1) is 20.6. The Morgan fingerprint density at radius 3 is 2.12 bits per heavy atom. The molecule has 1 aliphatic heterocycles. The molecule has 6 aromatic rings. The van der Waals surface area contributed by atoms with Gasteiger partial charge in [-0.2, -0.15) is 0 Å². The molecule has 2 aromatic heterocycles. The van der Waals surface area contributed by atoms with Crippen LogP contribution >= 0.6 is 0 Å². The number of aromatic nitrogens is 4. The number of piperidine rings is 1. The monoisotopic (exact) mass is 562 g/mol. The smallest absolute Gasteiger partial charge is 0.204 e. The molecule has 0 bridgehead atoms. The second-order valence-electron chi connectivity index (χ2n) is 11.1. The molecular weight excluding hydrogens is 530 g/mol. The van der Waals surface area contributed by atoms with Gasteiger partial charge in [0.05, 0.1) is 34.7 Å². The van der Waals surface area contributed by atoms with Crippen LogP contribution in [0.4, 0.5) is 14.7 Å². The van der Waals surface area contributed by atoms with Gasteiger partial charge in [-0.3, -0.25) is 4.90 Å². The zero-order valence-electron chi connectivity index (χ0n) is 23.2. The van der Waals surface area contributed by atoms with Crippen molar-refractivity contribution in [2.24, 2.45) is 0 Å². The Bertz CT molecular complexity index is 1770. The predicted molar refractivity (Wildman–Crippen MR) is 162 cm³/mol. The lowest BCUT2D eigenvalue weighted by atomic mass is 9.98. The highest BCUT2D eigenvalue weighted by molar-refractivity contribution is 5.79. The molecule has 0 radical (unpaired) electrons. The number of imidazole rings is 2. The van der Waals surface area contributed by atoms with E-state index in [1.165, 1.54) is 24.3 Å². The number of hydrogen-bond acceptors (Lipinski definition) is 4. The number of H-pyrrole nitrogens is 1. The van der Waals surface area contributed by atoms with Gasteiger partial charge in [-0.15, -0.1) is 0 Å². The SMILES string of the molecule is Fc1ccc(CC(c2nc3ccccc3[nH]2)N2CCC(Nc3nc4ccccc4n3Cc3ccc(F)cc3)CC2)cc1. The summed E-state index contributed by atoms with van der Waals surface area (Å²) in [5.74, 6) is 1.31. The summed E-state index contributed by atoms with van der Waals surface area (Å²) in [7, 11) is 0. The lowest BCUT2D eigenvalue weighted by molar-refractivity contribution is 0.150. The minimum Gasteiger partial charge on any atom is -0.353 e. The molecule has 1 saturated heterocycles. The van der Waals surface area contributed by atoms with Crippen molar-refractivity contribution < 1.29 is 8.78 Å².